The van der Waals surface area contributed by atoms with E-state index in [2.05, 4.69) is 66.6 Å². The first-order valence-corrected chi connectivity index (χ1v) is 8.91. The van der Waals surface area contributed by atoms with Gasteiger partial charge in [0.1, 0.15) is 0 Å². The van der Waals surface area contributed by atoms with Crippen molar-refractivity contribution < 1.29 is 0 Å². The Bertz CT molecular complexity index is 735. The van der Waals surface area contributed by atoms with Crippen LogP contribution in [0.25, 0.3) is 0 Å². The molecule has 0 bridgehead atoms. The first-order valence-electron chi connectivity index (χ1n) is 8.51. The Hall–Kier alpha value is -1.88. The van der Waals surface area contributed by atoms with Crippen LogP contribution in [0.1, 0.15) is 48.6 Å². The molecule has 0 unspecified atom stereocenters. The summed E-state index contributed by atoms with van der Waals surface area (Å²) in [6, 6.07) is 8.62. The molecule has 3 heterocycles. The zero-order valence-corrected chi connectivity index (χ0v) is 15.9. The first-order chi connectivity index (χ1) is 11.4. The molecule has 0 radical (unpaired) electrons. The summed E-state index contributed by atoms with van der Waals surface area (Å²) in [5.74, 6) is 0.542. The topological polar surface area (TPSA) is 33.1 Å². The predicted octanol–water partition coefficient (Wildman–Crippen LogP) is 3.67. The van der Waals surface area contributed by atoms with Crippen LogP contribution in [-0.2, 0) is 7.05 Å². The van der Waals surface area contributed by atoms with Crippen molar-refractivity contribution in [2.75, 3.05) is 6.54 Å². The molecule has 1 N–H and O–H groups in total. The lowest BCUT2D eigenvalue weighted by Crippen LogP contribution is -2.33. The van der Waals surface area contributed by atoms with Gasteiger partial charge in [-0.25, -0.2) is 0 Å². The highest BCUT2D eigenvalue weighted by Crippen LogP contribution is 2.40. The number of nitrogens with zero attached hydrogens (tertiary/aromatic N) is 3. The van der Waals surface area contributed by atoms with Gasteiger partial charge in [0, 0.05) is 31.2 Å². The molecule has 4 nitrogen and oxygen atoms in total. The lowest BCUT2D eigenvalue weighted by molar-refractivity contribution is 0.287. The molecule has 2 aromatic heterocycles. The highest BCUT2D eigenvalue weighted by molar-refractivity contribution is 7.80. The van der Waals surface area contributed by atoms with Crippen LogP contribution >= 0.6 is 12.2 Å². The van der Waals surface area contributed by atoms with Crippen molar-refractivity contribution in [1.29, 1.82) is 0 Å². The fourth-order valence-electron chi connectivity index (χ4n) is 3.52. The second kappa shape index (κ2) is 6.55. The summed E-state index contributed by atoms with van der Waals surface area (Å²) < 4.78 is 2.25. The van der Waals surface area contributed by atoms with Crippen LogP contribution in [-0.4, -0.2) is 26.1 Å². The van der Waals surface area contributed by atoms with Crippen molar-refractivity contribution in [3.8, 4) is 0 Å². The van der Waals surface area contributed by atoms with Crippen molar-refractivity contribution >= 4 is 17.3 Å². The number of aromatic nitrogens is 2. The van der Waals surface area contributed by atoms with Crippen LogP contribution in [0.4, 0.5) is 0 Å². The second-order valence-electron chi connectivity index (χ2n) is 7.06. The quantitative estimate of drug-likeness (QED) is 0.860. The molecule has 0 amide bonds. The van der Waals surface area contributed by atoms with Crippen molar-refractivity contribution in [2.45, 2.75) is 39.8 Å². The van der Waals surface area contributed by atoms with E-state index in [0.29, 0.717) is 5.92 Å². The van der Waals surface area contributed by atoms with E-state index < -0.39 is 0 Å². The normalized spacial score (nSPS) is 20.8. The molecule has 1 saturated heterocycles. The molecule has 0 spiro atoms. The van der Waals surface area contributed by atoms with Crippen LogP contribution in [0.3, 0.4) is 0 Å². The second-order valence-corrected chi connectivity index (χ2v) is 7.44. The summed E-state index contributed by atoms with van der Waals surface area (Å²) >= 11 is 5.68. The molecule has 2 aromatic rings. The monoisotopic (exact) mass is 342 g/mol. The molecular formula is C19H26N4S. The molecule has 1 aliphatic heterocycles. The number of thiocarbonyl (C=S) groups is 1. The maximum atomic E-state index is 5.68. The van der Waals surface area contributed by atoms with Gasteiger partial charge in [0.15, 0.2) is 5.11 Å². The Balaban J connectivity index is 2.09. The smallest absolute Gasteiger partial charge is 0.170 e. The third kappa shape index (κ3) is 2.93. The maximum Gasteiger partial charge on any atom is 0.170 e. The summed E-state index contributed by atoms with van der Waals surface area (Å²) in [5.41, 5.74) is 4.93. The third-order valence-corrected chi connectivity index (χ3v) is 5.24. The van der Waals surface area contributed by atoms with Crippen LogP contribution in [0.5, 0.6) is 0 Å². The average Bonchev–Trinajstić information content (AvgIpc) is 3.00. The van der Waals surface area contributed by atoms with E-state index in [0.717, 1.165) is 17.4 Å². The van der Waals surface area contributed by atoms with Gasteiger partial charge in [-0.1, -0.05) is 19.9 Å². The average molecular weight is 343 g/mol. The molecule has 24 heavy (non-hydrogen) atoms. The van der Waals surface area contributed by atoms with E-state index >= 15 is 0 Å². The minimum atomic E-state index is 0.0814. The van der Waals surface area contributed by atoms with E-state index in [1.165, 1.54) is 17.0 Å². The minimum Gasteiger partial charge on any atom is -0.352 e. The number of pyridine rings is 1. The zero-order chi connectivity index (χ0) is 17.4. The highest BCUT2D eigenvalue weighted by atomic mass is 32.1. The van der Waals surface area contributed by atoms with E-state index in [1.54, 1.807) is 0 Å². The fraction of sp³-hybridized carbons (Fsp3) is 0.474. The van der Waals surface area contributed by atoms with Crippen molar-refractivity contribution in [2.24, 2.45) is 13.0 Å². The van der Waals surface area contributed by atoms with Gasteiger partial charge in [0.05, 0.1) is 17.8 Å². The molecule has 1 aliphatic rings. The zero-order valence-electron chi connectivity index (χ0n) is 15.1. The summed E-state index contributed by atoms with van der Waals surface area (Å²) in [5, 5.41) is 4.34. The highest BCUT2D eigenvalue weighted by Gasteiger charge is 2.41. The Morgan fingerprint density at radius 3 is 2.58 bits per heavy atom. The van der Waals surface area contributed by atoms with Gasteiger partial charge in [0.25, 0.3) is 0 Å². The van der Waals surface area contributed by atoms with Gasteiger partial charge >= 0.3 is 0 Å². The number of hydrogen-bond acceptors (Lipinski definition) is 2. The van der Waals surface area contributed by atoms with Crippen LogP contribution < -0.4 is 5.32 Å². The predicted molar refractivity (Wildman–Crippen MR) is 102 cm³/mol. The lowest BCUT2D eigenvalue weighted by atomic mass is 9.96. The molecule has 1 fully saturated rings. The van der Waals surface area contributed by atoms with Crippen molar-refractivity contribution in [3.05, 3.63) is 53.1 Å². The number of rotatable bonds is 4. The molecule has 3 rings (SSSR count). The lowest BCUT2D eigenvalue weighted by Gasteiger charge is -2.29. The third-order valence-electron chi connectivity index (χ3n) is 4.89. The Morgan fingerprint density at radius 2 is 2.04 bits per heavy atom. The largest absolute Gasteiger partial charge is 0.352 e. The minimum absolute atomic E-state index is 0.0814. The fourth-order valence-corrected chi connectivity index (χ4v) is 3.83. The summed E-state index contributed by atoms with van der Waals surface area (Å²) in [7, 11) is 2.12. The standard InChI is InChI=1S/C19H26N4S/c1-12(2)11-23-18(15-10-13(3)22(5)14(15)4)17(21-19(23)24)16-8-6-7-9-20-16/h6-10,12,17-18H,11H2,1-5H3,(H,21,24)/t17-,18+/m1/s1. The van der Waals surface area contributed by atoms with E-state index in [-0.39, 0.29) is 12.1 Å². The van der Waals surface area contributed by atoms with Crippen LogP contribution in [0.15, 0.2) is 30.5 Å². The van der Waals surface area contributed by atoms with Gasteiger partial charge in [-0.05, 0) is 55.7 Å². The summed E-state index contributed by atoms with van der Waals surface area (Å²) in [4.78, 5) is 6.92. The summed E-state index contributed by atoms with van der Waals surface area (Å²) in [6.07, 6.45) is 1.85. The molecule has 5 heteroatoms. The molecule has 128 valence electrons. The van der Waals surface area contributed by atoms with Gasteiger partial charge < -0.3 is 14.8 Å². The maximum absolute atomic E-state index is 5.68. The number of hydrogen-bond donors (Lipinski definition) is 1. The van der Waals surface area contributed by atoms with Crippen LogP contribution in [0, 0.1) is 19.8 Å². The van der Waals surface area contributed by atoms with E-state index in [9.17, 15) is 0 Å². The molecule has 0 saturated carbocycles. The van der Waals surface area contributed by atoms with Gasteiger partial charge in [-0.15, -0.1) is 0 Å². The Kier molecular flexibility index (Phi) is 4.63. The SMILES string of the molecule is Cc1cc([C@H]2[C@@H](c3ccccn3)NC(=S)N2CC(C)C)c(C)n1C. The van der Waals surface area contributed by atoms with Crippen molar-refractivity contribution in [3.63, 3.8) is 0 Å². The summed E-state index contributed by atoms with van der Waals surface area (Å²) in [6.45, 7) is 9.74. The Labute approximate surface area is 149 Å². The first kappa shape index (κ1) is 17.0. The van der Waals surface area contributed by atoms with Gasteiger partial charge in [-0.3, -0.25) is 4.98 Å². The Morgan fingerprint density at radius 1 is 1.29 bits per heavy atom. The van der Waals surface area contributed by atoms with E-state index in [1.807, 2.05) is 18.3 Å². The van der Waals surface area contributed by atoms with Crippen LogP contribution in [0.2, 0.25) is 0 Å². The van der Waals surface area contributed by atoms with Gasteiger partial charge in [-0.2, -0.15) is 0 Å². The molecule has 0 aromatic carbocycles. The molecule has 2 atom stereocenters. The van der Waals surface area contributed by atoms with E-state index in [4.69, 9.17) is 12.2 Å². The van der Waals surface area contributed by atoms with Crippen molar-refractivity contribution in [1.82, 2.24) is 19.8 Å². The molecule has 0 aliphatic carbocycles. The number of aryl methyl sites for hydroxylation is 1. The van der Waals surface area contributed by atoms with Gasteiger partial charge in [0.2, 0.25) is 0 Å². The number of nitrogens with one attached hydrogen (secondary N) is 1. The molecular weight excluding hydrogens is 316 g/mol.